The molecule has 2 aromatic carbocycles. The monoisotopic (exact) mass is 242 g/mol. The summed E-state index contributed by atoms with van der Waals surface area (Å²) in [6, 6.07) is 11.1. The fraction of sp³-hybridized carbons (Fsp3) is 0.0769. The Balaban J connectivity index is 2.47. The molecule has 0 fully saturated rings. The van der Waals surface area contributed by atoms with Crippen molar-refractivity contribution in [3.05, 3.63) is 36.4 Å². The van der Waals surface area contributed by atoms with Crippen molar-refractivity contribution in [3.8, 4) is 5.75 Å². The molecule has 0 atom stereocenters. The maximum Gasteiger partial charge on any atom is 0.496 e. The van der Waals surface area contributed by atoms with Crippen molar-refractivity contribution in [2.45, 2.75) is 0 Å². The van der Waals surface area contributed by atoms with E-state index in [0.717, 1.165) is 10.8 Å². The zero-order valence-corrected chi connectivity index (χ0v) is 9.75. The second-order valence-corrected chi connectivity index (χ2v) is 4.03. The summed E-state index contributed by atoms with van der Waals surface area (Å²) in [5, 5.41) is 20.7. The summed E-state index contributed by atoms with van der Waals surface area (Å²) in [7, 11) is -0.153. The van der Waals surface area contributed by atoms with E-state index < -0.39 is 7.12 Å². The Bertz CT molecular complexity index is 717. The number of ether oxygens (including phenoxy) is 1. The first-order valence-electron chi connectivity index (χ1n) is 5.56. The van der Waals surface area contributed by atoms with Gasteiger partial charge in [0.1, 0.15) is 16.9 Å². The summed E-state index contributed by atoms with van der Waals surface area (Å²) < 4.78 is 10.8. The minimum atomic E-state index is -1.63. The van der Waals surface area contributed by atoms with E-state index in [2.05, 4.69) is 0 Å². The maximum absolute atomic E-state index is 9.47. The normalized spacial score (nSPS) is 11.1. The Labute approximate surface area is 104 Å². The van der Waals surface area contributed by atoms with Crippen LogP contribution in [0, 0.1) is 0 Å². The molecule has 2 N–H and O–H groups in total. The van der Waals surface area contributed by atoms with Crippen LogP contribution in [0.2, 0.25) is 0 Å². The molecular weight excluding hydrogens is 231 g/mol. The lowest BCUT2D eigenvalue weighted by atomic mass is 9.78. The predicted octanol–water partition coefficient (Wildman–Crippen LogP) is 1.27. The van der Waals surface area contributed by atoms with Gasteiger partial charge in [-0.2, -0.15) is 0 Å². The van der Waals surface area contributed by atoms with Crippen LogP contribution in [0.4, 0.5) is 0 Å². The molecule has 0 aliphatic carbocycles. The van der Waals surface area contributed by atoms with Crippen molar-refractivity contribution in [2.75, 3.05) is 7.11 Å². The first kappa shape index (κ1) is 11.1. The lowest BCUT2D eigenvalue weighted by Crippen LogP contribution is -2.31. The second-order valence-electron chi connectivity index (χ2n) is 4.03. The number of methoxy groups -OCH3 is 1. The molecule has 0 aliphatic rings. The molecule has 0 aliphatic heterocycles. The number of hydrogen-bond donors (Lipinski definition) is 2. The van der Waals surface area contributed by atoms with Gasteiger partial charge in [0.15, 0.2) is 0 Å². The summed E-state index contributed by atoms with van der Waals surface area (Å²) in [6.07, 6.45) is 0. The molecule has 0 amide bonds. The zero-order valence-electron chi connectivity index (χ0n) is 9.75. The van der Waals surface area contributed by atoms with Crippen LogP contribution in [0.25, 0.3) is 21.9 Å². The van der Waals surface area contributed by atoms with Crippen LogP contribution in [-0.4, -0.2) is 24.3 Å². The summed E-state index contributed by atoms with van der Waals surface area (Å²) in [4.78, 5) is 0. The number of benzene rings is 2. The molecule has 0 saturated carbocycles. The average Bonchev–Trinajstić information content (AvgIpc) is 2.75. The molecule has 18 heavy (non-hydrogen) atoms. The van der Waals surface area contributed by atoms with Crippen molar-refractivity contribution in [1.82, 2.24) is 0 Å². The molecule has 0 radical (unpaired) electrons. The van der Waals surface area contributed by atoms with E-state index in [9.17, 15) is 10.0 Å². The Morgan fingerprint density at radius 2 is 1.83 bits per heavy atom. The van der Waals surface area contributed by atoms with Gasteiger partial charge in [0.05, 0.1) is 12.6 Å². The zero-order chi connectivity index (χ0) is 12.7. The molecule has 0 unspecified atom stereocenters. The minimum Gasteiger partial charge on any atom is -0.497 e. The van der Waals surface area contributed by atoms with Crippen LogP contribution in [0.3, 0.4) is 0 Å². The Kier molecular flexibility index (Phi) is 2.50. The van der Waals surface area contributed by atoms with Crippen LogP contribution >= 0.6 is 0 Å². The highest BCUT2D eigenvalue weighted by Crippen LogP contribution is 2.29. The van der Waals surface area contributed by atoms with Gasteiger partial charge in [-0.15, -0.1) is 0 Å². The van der Waals surface area contributed by atoms with E-state index in [-0.39, 0.29) is 5.46 Å². The lowest BCUT2D eigenvalue weighted by molar-refractivity contribution is 0.403. The average molecular weight is 242 g/mol. The third-order valence-corrected chi connectivity index (χ3v) is 3.02. The van der Waals surface area contributed by atoms with Gasteiger partial charge in [0, 0.05) is 10.8 Å². The van der Waals surface area contributed by atoms with E-state index >= 15 is 0 Å². The van der Waals surface area contributed by atoms with Crippen LogP contribution < -0.4 is 10.2 Å². The SMILES string of the molecule is COc1ccc2c(oc3ccccc32)c1B(O)O. The van der Waals surface area contributed by atoms with Gasteiger partial charge in [-0.3, -0.25) is 0 Å². The minimum absolute atomic E-state index is 0.256. The largest absolute Gasteiger partial charge is 0.497 e. The van der Waals surface area contributed by atoms with Crippen molar-refractivity contribution in [3.63, 3.8) is 0 Å². The molecule has 0 bridgehead atoms. The molecule has 90 valence electrons. The van der Waals surface area contributed by atoms with Crippen molar-refractivity contribution >= 4 is 34.5 Å². The van der Waals surface area contributed by atoms with Gasteiger partial charge >= 0.3 is 7.12 Å². The predicted molar refractivity (Wildman–Crippen MR) is 70.1 cm³/mol. The maximum atomic E-state index is 9.47. The molecule has 5 heteroatoms. The smallest absolute Gasteiger partial charge is 0.496 e. The van der Waals surface area contributed by atoms with Crippen molar-refractivity contribution in [1.29, 1.82) is 0 Å². The highest BCUT2D eigenvalue weighted by molar-refractivity contribution is 6.63. The molecule has 1 aromatic heterocycles. The summed E-state index contributed by atoms with van der Waals surface area (Å²) in [6.45, 7) is 0. The Hall–Kier alpha value is -1.98. The Morgan fingerprint density at radius 1 is 1.06 bits per heavy atom. The highest BCUT2D eigenvalue weighted by Gasteiger charge is 2.24. The number of furan rings is 1. The standard InChI is InChI=1S/C13H11BO4/c1-17-11-7-6-9-8-4-2-3-5-10(8)18-13(9)12(11)14(15)16/h2-7,15-16H,1H3. The third-order valence-electron chi connectivity index (χ3n) is 3.02. The van der Waals surface area contributed by atoms with Crippen LogP contribution in [-0.2, 0) is 0 Å². The number of fused-ring (bicyclic) bond motifs is 3. The highest BCUT2D eigenvalue weighted by atomic mass is 16.5. The van der Waals surface area contributed by atoms with E-state index in [4.69, 9.17) is 9.15 Å². The molecule has 3 rings (SSSR count). The van der Waals surface area contributed by atoms with Crippen molar-refractivity contribution in [2.24, 2.45) is 0 Å². The fourth-order valence-corrected chi connectivity index (χ4v) is 2.21. The van der Waals surface area contributed by atoms with E-state index in [0.29, 0.717) is 16.9 Å². The summed E-state index contributed by atoms with van der Waals surface area (Å²) >= 11 is 0. The topological polar surface area (TPSA) is 62.8 Å². The molecule has 4 nitrogen and oxygen atoms in total. The van der Waals surface area contributed by atoms with Gasteiger partial charge in [0.25, 0.3) is 0 Å². The molecule has 1 heterocycles. The quantitative estimate of drug-likeness (QED) is 0.664. The molecular formula is C13H11BO4. The second kappa shape index (κ2) is 4.05. The van der Waals surface area contributed by atoms with Gasteiger partial charge in [-0.1, -0.05) is 18.2 Å². The first-order valence-corrected chi connectivity index (χ1v) is 5.56. The van der Waals surface area contributed by atoms with Crippen LogP contribution in [0.1, 0.15) is 0 Å². The van der Waals surface area contributed by atoms with Gasteiger partial charge in [-0.25, -0.2) is 0 Å². The summed E-state index contributed by atoms with van der Waals surface area (Å²) in [5.41, 5.74) is 1.42. The Morgan fingerprint density at radius 3 is 2.56 bits per heavy atom. The van der Waals surface area contributed by atoms with Crippen molar-refractivity contribution < 1.29 is 19.2 Å². The van der Waals surface area contributed by atoms with Gasteiger partial charge in [0.2, 0.25) is 0 Å². The molecule has 3 aromatic rings. The van der Waals surface area contributed by atoms with E-state index in [1.165, 1.54) is 7.11 Å². The summed E-state index contributed by atoms with van der Waals surface area (Å²) in [5.74, 6) is 0.400. The third kappa shape index (κ3) is 1.49. The number of hydrogen-bond acceptors (Lipinski definition) is 4. The molecule has 0 saturated heterocycles. The fourth-order valence-electron chi connectivity index (χ4n) is 2.21. The first-order chi connectivity index (χ1) is 8.72. The van der Waals surface area contributed by atoms with E-state index in [1.54, 1.807) is 6.07 Å². The van der Waals surface area contributed by atoms with E-state index in [1.807, 2.05) is 30.3 Å². The lowest BCUT2D eigenvalue weighted by Gasteiger charge is -2.07. The number of rotatable bonds is 2. The van der Waals surface area contributed by atoms with Gasteiger partial charge in [-0.05, 0) is 18.2 Å². The number of para-hydroxylation sites is 1. The van der Waals surface area contributed by atoms with Crippen LogP contribution in [0.15, 0.2) is 40.8 Å². The van der Waals surface area contributed by atoms with Gasteiger partial charge < -0.3 is 19.2 Å². The molecule has 0 spiro atoms. The van der Waals surface area contributed by atoms with Crippen LogP contribution in [0.5, 0.6) is 5.75 Å².